The highest BCUT2D eigenvalue weighted by molar-refractivity contribution is 7.20. The van der Waals surface area contributed by atoms with Gasteiger partial charge in [0.2, 0.25) is 5.78 Å². The van der Waals surface area contributed by atoms with Crippen molar-refractivity contribution in [1.29, 1.82) is 0 Å². The van der Waals surface area contributed by atoms with Gasteiger partial charge in [0.1, 0.15) is 65.5 Å². The number of aliphatic hydroxyl groups is 8. The maximum absolute atomic E-state index is 13.2. The summed E-state index contributed by atoms with van der Waals surface area (Å²) < 4.78 is 12.0. The molecule has 10 N–H and O–H groups in total. The number of aryl methyl sites for hydroxylation is 1. The first-order valence-corrected chi connectivity index (χ1v) is 15.1. The summed E-state index contributed by atoms with van der Waals surface area (Å²) in [6, 6.07) is 0. The van der Waals surface area contributed by atoms with Gasteiger partial charge in [-0.25, -0.2) is 14.6 Å². The van der Waals surface area contributed by atoms with Crippen molar-refractivity contribution in [3.05, 3.63) is 33.5 Å². The van der Waals surface area contributed by atoms with E-state index in [1.807, 2.05) is 0 Å². The number of carbonyl (C=O) groups is 1. The molecule has 2 aliphatic heterocycles. The fourth-order valence-corrected chi connectivity index (χ4v) is 6.48. The molecule has 0 bridgehead atoms. The van der Waals surface area contributed by atoms with Crippen molar-refractivity contribution in [2.24, 2.45) is 0 Å². The molecule has 10 atom stereocenters. The van der Waals surface area contributed by atoms with Gasteiger partial charge in [-0.05, 0) is 6.92 Å². The van der Waals surface area contributed by atoms with Crippen LogP contribution < -0.4 is 10.6 Å². The van der Waals surface area contributed by atoms with Crippen LogP contribution in [-0.4, -0.2) is 146 Å². The van der Waals surface area contributed by atoms with E-state index in [1.165, 1.54) is 10.9 Å². The topological polar surface area (TPSA) is 278 Å². The lowest BCUT2D eigenvalue weighted by Gasteiger charge is -2.40. The molecule has 0 spiro atoms. The summed E-state index contributed by atoms with van der Waals surface area (Å²) in [6.45, 7) is 1.32. The fourth-order valence-electron chi connectivity index (χ4n) is 4.73. The molecule has 0 aliphatic carbocycles. The Morgan fingerprint density at radius 3 is 2.36 bits per heavy atom. The molecule has 5 rings (SSSR count). The number of ketones is 1. The molecule has 18 nitrogen and oxygen atoms in total. The third-order valence-corrected chi connectivity index (χ3v) is 9.31. The van der Waals surface area contributed by atoms with Gasteiger partial charge < -0.3 is 61.0 Å². The van der Waals surface area contributed by atoms with E-state index in [9.17, 15) is 45.6 Å². The maximum Gasteiger partial charge on any atom is 0.216 e. The average Bonchev–Trinajstić information content (AvgIpc) is 3.76. The first-order valence-electron chi connectivity index (χ1n) is 13.5. The van der Waals surface area contributed by atoms with Crippen LogP contribution in [0.5, 0.6) is 0 Å². The van der Waals surface area contributed by atoms with Gasteiger partial charge in [-0.1, -0.05) is 27.9 Å². The molecule has 5 unspecified atom stereocenters. The van der Waals surface area contributed by atoms with E-state index in [0.29, 0.717) is 31.4 Å². The zero-order valence-electron chi connectivity index (χ0n) is 23.1. The molecule has 0 aromatic carbocycles. The van der Waals surface area contributed by atoms with Gasteiger partial charge in [0.25, 0.3) is 0 Å². The van der Waals surface area contributed by atoms with Crippen molar-refractivity contribution in [1.82, 2.24) is 25.0 Å². The van der Waals surface area contributed by atoms with Gasteiger partial charge in [0.15, 0.2) is 16.6 Å². The summed E-state index contributed by atoms with van der Waals surface area (Å²) in [7, 11) is 0. The predicted octanol–water partition coefficient (Wildman–Crippen LogP) is -3.60. The van der Waals surface area contributed by atoms with Gasteiger partial charge in [0.05, 0.1) is 42.7 Å². The number of nitrogens with one attached hydrogen (secondary N) is 2. The molecule has 5 heterocycles. The largest absolute Gasteiger partial charge is 0.394 e. The number of ether oxygens (including phenoxy) is 2. The Bertz CT molecular complexity index is 1420. The third-order valence-electron chi connectivity index (χ3n) is 7.24. The second kappa shape index (κ2) is 13.7. The average molecular weight is 660 g/mol. The van der Waals surface area contributed by atoms with E-state index in [2.05, 4.69) is 30.9 Å². The number of hydrogen-bond donors (Lipinski definition) is 10. The molecule has 2 aliphatic rings. The lowest BCUT2D eigenvalue weighted by atomic mass is 9.95. The first-order chi connectivity index (χ1) is 21.0. The van der Waals surface area contributed by atoms with Crippen molar-refractivity contribution in [2.75, 3.05) is 23.8 Å². The lowest BCUT2D eigenvalue weighted by Crippen LogP contribution is -2.60. The van der Waals surface area contributed by atoms with Crippen LogP contribution in [0.1, 0.15) is 25.9 Å². The van der Waals surface area contributed by atoms with Crippen molar-refractivity contribution in [3.63, 3.8) is 0 Å². The van der Waals surface area contributed by atoms with E-state index in [-0.39, 0.29) is 25.4 Å². The van der Waals surface area contributed by atoms with Crippen LogP contribution in [0.3, 0.4) is 0 Å². The Labute approximate surface area is 257 Å². The molecule has 3 aromatic rings. The molecule has 2 saturated heterocycles. The fraction of sp³-hybridized carbons (Fsp3) is 0.625. The van der Waals surface area contributed by atoms with Crippen molar-refractivity contribution >= 4 is 38.7 Å². The Balaban J connectivity index is 1.14. The highest BCUT2D eigenvalue weighted by atomic mass is 32.1. The minimum atomic E-state index is -1.66. The molecule has 20 heteroatoms. The van der Waals surface area contributed by atoms with Crippen molar-refractivity contribution < 1.29 is 55.1 Å². The molecule has 2 fully saturated rings. The number of anilines is 2. The van der Waals surface area contributed by atoms with Crippen LogP contribution in [0.15, 0.2) is 12.4 Å². The Hall–Kier alpha value is -2.73. The van der Waals surface area contributed by atoms with Crippen LogP contribution in [0, 0.1) is 6.92 Å². The number of nitrogens with zero attached hydrogens (tertiary/aromatic N) is 5. The lowest BCUT2D eigenvalue weighted by molar-refractivity contribution is -0.284. The second-order valence-electron chi connectivity index (χ2n) is 10.4. The van der Waals surface area contributed by atoms with Crippen LogP contribution in [0.2, 0.25) is 0 Å². The van der Waals surface area contributed by atoms with E-state index >= 15 is 0 Å². The quantitative estimate of drug-likeness (QED) is 0.0890. The summed E-state index contributed by atoms with van der Waals surface area (Å²) in [5.74, 6) is -0.294. The summed E-state index contributed by atoms with van der Waals surface area (Å²) >= 11 is 2.21. The molecule has 3 aromatic heterocycles. The van der Waals surface area contributed by atoms with Crippen molar-refractivity contribution in [3.8, 4) is 0 Å². The van der Waals surface area contributed by atoms with Crippen LogP contribution in [-0.2, 0) is 22.6 Å². The SMILES string of the molecule is Cc1nc(NCc2cn(CC3OC(O)C(O)C(O)C3O)nn2)sc1C(=O)c1cnc(NC[C@H]2O[C@H](CO)[C@@H](O)[C@H](O)[C@@H]2O)s1. The molecule has 0 amide bonds. The molecular formula is C24H33N7O11S2. The van der Waals surface area contributed by atoms with Gasteiger partial charge in [-0.3, -0.25) is 4.79 Å². The molecule has 0 saturated carbocycles. The number of carbonyl (C=O) groups excluding carboxylic acids is 1. The maximum atomic E-state index is 13.2. The second-order valence-corrected chi connectivity index (χ2v) is 12.4. The summed E-state index contributed by atoms with van der Waals surface area (Å²) in [6.07, 6.45) is -10.7. The van der Waals surface area contributed by atoms with Crippen LogP contribution >= 0.6 is 22.7 Å². The first kappa shape index (κ1) is 32.7. The van der Waals surface area contributed by atoms with Crippen LogP contribution in [0.4, 0.5) is 10.3 Å². The summed E-state index contributed by atoms with van der Waals surface area (Å²) in [5.41, 5.74) is 0.993. The summed E-state index contributed by atoms with van der Waals surface area (Å²) in [4.78, 5) is 22.5. The van der Waals surface area contributed by atoms with E-state index in [1.54, 1.807) is 13.1 Å². The monoisotopic (exact) mass is 659 g/mol. The zero-order valence-corrected chi connectivity index (χ0v) is 24.7. The molecule has 44 heavy (non-hydrogen) atoms. The number of aliphatic hydroxyl groups excluding tert-OH is 8. The molecular weight excluding hydrogens is 626 g/mol. The Morgan fingerprint density at radius 1 is 0.909 bits per heavy atom. The van der Waals surface area contributed by atoms with Gasteiger partial charge >= 0.3 is 0 Å². The molecule has 242 valence electrons. The van der Waals surface area contributed by atoms with E-state index < -0.39 is 67.8 Å². The predicted molar refractivity (Wildman–Crippen MR) is 151 cm³/mol. The number of thiazole rings is 2. The summed E-state index contributed by atoms with van der Waals surface area (Å²) in [5, 5.41) is 93.6. The standard InChI is InChI=1S/C24H33N7O11S2/c1-8-21(17(36)13-4-27-23(43-13)26-3-10-14(33)18(37)16(35)12(7-32)41-10)44-24(28-8)25-2-9-5-31(30-29-9)6-11-15(34)19(38)20(39)22(40)42-11/h4-5,10-12,14-16,18-20,22,32-35,37-40H,2-3,6-7H2,1H3,(H,25,28)(H,26,27)/t10-,11?,12-,14-,15?,16-,18-,19?,20?,22?/m1/s1. The minimum Gasteiger partial charge on any atom is -0.394 e. The Morgan fingerprint density at radius 2 is 1.61 bits per heavy atom. The highest BCUT2D eigenvalue weighted by Crippen LogP contribution is 2.29. The third kappa shape index (κ3) is 6.90. The zero-order chi connectivity index (χ0) is 31.7. The molecule has 0 radical (unpaired) electrons. The Kier molecular flexibility index (Phi) is 10.2. The van der Waals surface area contributed by atoms with Gasteiger partial charge in [-0.2, -0.15) is 0 Å². The highest BCUT2D eigenvalue weighted by Gasteiger charge is 2.44. The number of rotatable bonds is 11. The van der Waals surface area contributed by atoms with Crippen LogP contribution in [0.25, 0.3) is 0 Å². The number of hydrogen-bond acceptors (Lipinski definition) is 19. The van der Waals surface area contributed by atoms with Gasteiger partial charge in [-0.15, -0.1) is 5.10 Å². The van der Waals surface area contributed by atoms with Gasteiger partial charge in [0, 0.05) is 6.54 Å². The van der Waals surface area contributed by atoms with Crippen molar-refractivity contribution in [2.45, 2.75) is 81.2 Å². The minimum absolute atomic E-state index is 0.00214. The van der Waals surface area contributed by atoms with E-state index in [4.69, 9.17) is 9.47 Å². The smallest absolute Gasteiger partial charge is 0.216 e. The van der Waals surface area contributed by atoms with E-state index in [0.717, 1.165) is 22.7 Å². The number of aromatic nitrogens is 5. The normalized spacial score (nSPS) is 32.5.